The summed E-state index contributed by atoms with van der Waals surface area (Å²) in [5.41, 5.74) is 1.38. The van der Waals surface area contributed by atoms with Gasteiger partial charge in [0.15, 0.2) is 0 Å². The number of unbranched alkanes of at least 4 members (excludes halogenated alkanes) is 1. The first kappa shape index (κ1) is 13.4. The van der Waals surface area contributed by atoms with Crippen molar-refractivity contribution in [3.05, 3.63) is 48.0 Å². The molecule has 1 saturated heterocycles. The average molecular weight is 269 g/mol. The maximum Gasteiger partial charge on any atom is 0.223 e. The molecule has 0 aromatic heterocycles. The van der Waals surface area contributed by atoms with Crippen LogP contribution in [0.2, 0.25) is 0 Å². The van der Waals surface area contributed by atoms with Crippen LogP contribution < -0.4 is 0 Å². The Hall–Kier alpha value is -1.57. The lowest BCUT2D eigenvalue weighted by Gasteiger charge is -2.31. The predicted molar refractivity (Wildman–Crippen MR) is 81.4 cm³/mol. The summed E-state index contributed by atoms with van der Waals surface area (Å²) in [6.07, 6.45) is 11.8. The lowest BCUT2D eigenvalue weighted by molar-refractivity contribution is -0.133. The summed E-state index contributed by atoms with van der Waals surface area (Å²) in [6.45, 7) is 0. The highest BCUT2D eigenvalue weighted by atomic mass is 16.2. The molecule has 3 rings (SSSR count). The zero-order valence-corrected chi connectivity index (χ0v) is 12.0. The molecule has 2 unspecified atom stereocenters. The van der Waals surface area contributed by atoms with Gasteiger partial charge in [-0.1, -0.05) is 42.5 Å². The Kier molecular flexibility index (Phi) is 4.19. The van der Waals surface area contributed by atoms with Gasteiger partial charge in [0.25, 0.3) is 0 Å². The SMILES string of the molecule is O=C(CCCCc1ccccc1)N1C2C=CCC1CC2. The van der Waals surface area contributed by atoms with Crippen LogP contribution >= 0.6 is 0 Å². The zero-order chi connectivity index (χ0) is 13.8. The van der Waals surface area contributed by atoms with Crippen molar-refractivity contribution < 1.29 is 4.79 Å². The van der Waals surface area contributed by atoms with E-state index in [0.29, 0.717) is 24.4 Å². The Labute approximate surface area is 121 Å². The Morgan fingerprint density at radius 2 is 2.00 bits per heavy atom. The molecule has 1 fully saturated rings. The van der Waals surface area contributed by atoms with Crippen LogP contribution in [0.25, 0.3) is 0 Å². The van der Waals surface area contributed by atoms with Crippen LogP contribution in [0.4, 0.5) is 0 Å². The quantitative estimate of drug-likeness (QED) is 0.589. The summed E-state index contributed by atoms with van der Waals surface area (Å²) < 4.78 is 0. The second-order valence-corrected chi connectivity index (χ2v) is 5.96. The molecular weight excluding hydrogens is 246 g/mol. The van der Waals surface area contributed by atoms with Crippen LogP contribution in [0.5, 0.6) is 0 Å². The first-order chi connectivity index (χ1) is 9.84. The fraction of sp³-hybridized carbons (Fsp3) is 0.500. The van der Waals surface area contributed by atoms with E-state index in [0.717, 1.165) is 32.1 Å². The number of hydrogen-bond acceptors (Lipinski definition) is 1. The van der Waals surface area contributed by atoms with Crippen molar-refractivity contribution in [1.82, 2.24) is 4.90 Å². The molecule has 1 aromatic rings. The van der Waals surface area contributed by atoms with Gasteiger partial charge in [0.05, 0.1) is 6.04 Å². The molecule has 2 heterocycles. The molecule has 2 nitrogen and oxygen atoms in total. The minimum Gasteiger partial charge on any atom is -0.333 e. The number of amides is 1. The van der Waals surface area contributed by atoms with Crippen molar-refractivity contribution in [2.45, 2.75) is 57.0 Å². The van der Waals surface area contributed by atoms with Crippen LogP contribution in [0.15, 0.2) is 42.5 Å². The second kappa shape index (κ2) is 6.25. The molecule has 0 saturated carbocycles. The normalized spacial score (nSPS) is 24.1. The Bertz CT molecular complexity index is 479. The van der Waals surface area contributed by atoms with Crippen LogP contribution in [0.1, 0.15) is 44.1 Å². The number of nitrogens with zero attached hydrogens (tertiary/aromatic N) is 1. The fourth-order valence-corrected chi connectivity index (χ4v) is 3.49. The maximum atomic E-state index is 12.4. The van der Waals surface area contributed by atoms with Crippen molar-refractivity contribution in [2.24, 2.45) is 0 Å². The van der Waals surface area contributed by atoms with Crippen molar-refractivity contribution >= 4 is 5.91 Å². The molecule has 2 aliphatic heterocycles. The van der Waals surface area contributed by atoms with Gasteiger partial charge in [-0.25, -0.2) is 0 Å². The number of hydrogen-bond donors (Lipinski definition) is 0. The van der Waals surface area contributed by atoms with E-state index < -0.39 is 0 Å². The predicted octanol–water partition coefficient (Wildman–Crippen LogP) is 3.72. The van der Waals surface area contributed by atoms with E-state index in [2.05, 4.69) is 41.3 Å². The molecule has 1 aromatic carbocycles. The monoisotopic (exact) mass is 269 g/mol. The van der Waals surface area contributed by atoms with Gasteiger partial charge < -0.3 is 4.90 Å². The summed E-state index contributed by atoms with van der Waals surface area (Å²) in [4.78, 5) is 14.5. The highest BCUT2D eigenvalue weighted by Crippen LogP contribution is 2.32. The van der Waals surface area contributed by atoms with E-state index in [1.807, 2.05) is 6.07 Å². The number of carbonyl (C=O) groups excluding carboxylic acids is 1. The molecule has 106 valence electrons. The first-order valence-electron chi connectivity index (χ1n) is 7.86. The van der Waals surface area contributed by atoms with E-state index in [-0.39, 0.29) is 0 Å². The Balaban J connectivity index is 1.43. The van der Waals surface area contributed by atoms with E-state index >= 15 is 0 Å². The summed E-state index contributed by atoms with van der Waals surface area (Å²) in [5.74, 6) is 0.370. The molecule has 0 aliphatic carbocycles. The van der Waals surface area contributed by atoms with Crippen molar-refractivity contribution in [3.63, 3.8) is 0 Å². The zero-order valence-electron chi connectivity index (χ0n) is 12.0. The molecule has 0 spiro atoms. The van der Waals surface area contributed by atoms with E-state index in [1.165, 1.54) is 12.0 Å². The van der Waals surface area contributed by atoms with Crippen molar-refractivity contribution in [2.75, 3.05) is 0 Å². The summed E-state index contributed by atoms with van der Waals surface area (Å²) in [6, 6.07) is 11.4. The van der Waals surface area contributed by atoms with Crippen molar-refractivity contribution in [1.29, 1.82) is 0 Å². The Morgan fingerprint density at radius 1 is 1.15 bits per heavy atom. The highest BCUT2D eigenvalue weighted by molar-refractivity contribution is 5.77. The molecule has 1 amide bonds. The Morgan fingerprint density at radius 3 is 2.80 bits per heavy atom. The number of benzene rings is 1. The van der Waals surface area contributed by atoms with E-state index in [4.69, 9.17) is 0 Å². The average Bonchev–Trinajstić information content (AvgIpc) is 2.74. The molecule has 0 radical (unpaired) electrons. The van der Waals surface area contributed by atoms with Gasteiger partial charge in [-0.05, 0) is 44.1 Å². The number of aryl methyl sites for hydroxylation is 1. The first-order valence-corrected chi connectivity index (χ1v) is 7.86. The van der Waals surface area contributed by atoms with Gasteiger partial charge in [0.1, 0.15) is 0 Å². The third-order valence-corrected chi connectivity index (χ3v) is 4.55. The van der Waals surface area contributed by atoms with Gasteiger partial charge >= 0.3 is 0 Å². The van der Waals surface area contributed by atoms with Gasteiger partial charge in [-0.2, -0.15) is 0 Å². The molecule has 20 heavy (non-hydrogen) atoms. The smallest absolute Gasteiger partial charge is 0.223 e. The van der Waals surface area contributed by atoms with Gasteiger partial charge in [0, 0.05) is 12.5 Å². The minimum atomic E-state index is 0.370. The topological polar surface area (TPSA) is 20.3 Å². The molecular formula is C18H23NO. The third-order valence-electron chi connectivity index (χ3n) is 4.55. The van der Waals surface area contributed by atoms with E-state index in [1.54, 1.807) is 0 Å². The lowest BCUT2D eigenvalue weighted by Crippen LogP contribution is -2.41. The van der Waals surface area contributed by atoms with Crippen LogP contribution in [0, 0.1) is 0 Å². The maximum absolute atomic E-state index is 12.4. The molecule has 2 bridgehead atoms. The van der Waals surface area contributed by atoms with Crippen molar-refractivity contribution in [3.8, 4) is 0 Å². The summed E-state index contributed by atoms with van der Waals surface area (Å²) >= 11 is 0. The number of fused-ring (bicyclic) bond motifs is 2. The van der Waals surface area contributed by atoms with Crippen LogP contribution in [-0.2, 0) is 11.2 Å². The summed E-state index contributed by atoms with van der Waals surface area (Å²) in [5, 5.41) is 0. The standard InChI is InChI=1S/C18H23NO/c20-18(19-16-10-6-11-17(19)14-13-16)12-5-4-9-15-7-2-1-3-8-15/h1-3,6-8,10,16-17H,4-5,9,11-14H2. The van der Waals surface area contributed by atoms with Gasteiger partial charge in [-0.15, -0.1) is 0 Å². The third kappa shape index (κ3) is 2.95. The van der Waals surface area contributed by atoms with Gasteiger partial charge in [-0.3, -0.25) is 4.79 Å². The molecule has 2 aliphatic rings. The van der Waals surface area contributed by atoms with Crippen LogP contribution in [-0.4, -0.2) is 22.9 Å². The number of carbonyl (C=O) groups is 1. The van der Waals surface area contributed by atoms with E-state index in [9.17, 15) is 4.79 Å². The second-order valence-electron chi connectivity index (χ2n) is 5.96. The van der Waals surface area contributed by atoms with Crippen LogP contribution in [0.3, 0.4) is 0 Å². The largest absolute Gasteiger partial charge is 0.333 e. The molecule has 0 N–H and O–H groups in total. The highest BCUT2D eigenvalue weighted by Gasteiger charge is 2.36. The molecule has 2 heteroatoms. The van der Waals surface area contributed by atoms with Gasteiger partial charge in [0.2, 0.25) is 5.91 Å². The molecule has 2 atom stereocenters. The lowest BCUT2D eigenvalue weighted by atomic mass is 10.1. The number of rotatable bonds is 5. The minimum absolute atomic E-state index is 0.370. The summed E-state index contributed by atoms with van der Waals surface area (Å²) in [7, 11) is 0. The fourth-order valence-electron chi connectivity index (χ4n) is 3.49.